The van der Waals surface area contributed by atoms with Crippen LogP contribution in [-0.4, -0.2) is 54.9 Å². The molecule has 0 spiro atoms. The smallest absolute Gasteiger partial charge is 0.248 e. The maximum atomic E-state index is 13.9. The third-order valence-electron chi connectivity index (χ3n) is 6.28. The predicted molar refractivity (Wildman–Crippen MR) is 118 cm³/mol. The van der Waals surface area contributed by atoms with Gasteiger partial charge in [0.25, 0.3) is 0 Å². The SMILES string of the molecule is Cc1noc(/C=C/c2ccc(F)cc2F)c1S(=O)(=O)N1CCC(C(=O)N2CCCCC2)CC1. The van der Waals surface area contributed by atoms with Gasteiger partial charge in [0.2, 0.25) is 15.9 Å². The Morgan fingerprint density at radius 1 is 1.09 bits per heavy atom. The summed E-state index contributed by atoms with van der Waals surface area (Å²) >= 11 is 0. The van der Waals surface area contributed by atoms with Crippen LogP contribution in [-0.2, 0) is 14.8 Å². The Balaban J connectivity index is 1.48. The van der Waals surface area contributed by atoms with Gasteiger partial charge >= 0.3 is 0 Å². The molecule has 2 saturated heterocycles. The van der Waals surface area contributed by atoms with Gasteiger partial charge in [0.15, 0.2) is 10.7 Å². The van der Waals surface area contributed by atoms with Crippen LogP contribution in [0, 0.1) is 24.5 Å². The van der Waals surface area contributed by atoms with Crippen LogP contribution < -0.4 is 0 Å². The minimum absolute atomic E-state index is 0.0252. The van der Waals surface area contributed by atoms with Gasteiger partial charge in [-0.15, -0.1) is 0 Å². The molecule has 1 amide bonds. The first-order chi connectivity index (χ1) is 15.8. The number of carbonyl (C=O) groups is 1. The van der Waals surface area contributed by atoms with E-state index in [0.29, 0.717) is 12.8 Å². The Bertz CT molecular complexity index is 1150. The summed E-state index contributed by atoms with van der Waals surface area (Å²) in [6.07, 6.45) is 6.74. The molecule has 0 aliphatic carbocycles. The number of halogens is 2. The lowest BCUT2D eigenvalue weighted by Gasteiger charge is -2.35. The number of hydrogen-bond acceptors (Lipinski definition) is 5. The van der Waals surface area contributed by atoms with Crippen LogP contribution in [0.3, 0.4) is 0 Å². The van der Waals surface area contributed by atoms with Gasteiger partial charge in [-0.3, -0.25) is 4.79 Å². The Kier molecular flexibility index (Phi) is 6.94. The van der Waals surface area contributed by atoms with Gasteiger partial charge in [0, 0.05) is 43.7 Å². The maximum absolute atomic E-state index is 13.9. The third kappa shape index (κ3) is 5.01. The molecule has 2 fully saturated rings. The van der Waals surface area contributed by atoms with Crippen molar-refractivity contribution < 1.29 is 26.5 Å². The van der Waals surface area contributed by atoms with E-state index in [2.05, 4.69) is 5.16 Å². The van der Waals surface area contributed by atoms with Crippen molar-refractivity contribution in [1.29, 1.82) is 0 Å². The molecule has 2 aliphatic heterocycles. The number of likely N-dealkylation sites (tertiary alicyclic amines) is 1. The summed E-state index contributed by atoms with van der Waals surface area (Å²) in [5.74, 6) is -1.54. The lowest BCUT2D eigenvalue weighted by Crippen LogP contribution is -2.45. The Morgan fingerprint density at radius 2 is 1.79 bits per heavy atom. The average Bonchev–Trinajstić information content (AvgIpc) is 3.19. The number of benzene rings is 1. The first-order valence-corrected chi connectivity index (χ1v) is 12.6. The molecule has 0 saturated carbocycles. The molecular weight excluding hydrogens is 452 g/mol. The molecule has 0 unspecified atom stereocenters. The minimum atomic E-state index is -3.93. The van der Waals surface area contributed by atoms with E-state index in [0.717, 1.165) is 44.5 Å². The van der Waals surface area contributed by atoms with Crippen LogP contribution in [0.25, 0.3) is 12.2 Å². The van der Waals surface area contributed by atoms with Crippen LogP contribution >= 0.6 is 0 Å². The van der Waals surface area contributed by atoms with Crippen LogP contribution in [0.15, 0.2) is 27.6 Å². The fourth-order valence-corrected chi connectivity index (χ4v) is 6.17. The second-order valence-electron chi connectivity index (χ2n) is 8.52. The van der Waals surface area contributed by atoms with E-state index in [9.17, 15) is 22.0 Å². The molecule has 4 rings (SSSR count). The number of amides is 1. The van der Waals surface area contributed by atoms with Crippen molar-refractivity contribution in [3.8, 4) is 0 Å². The summed E-state index contributed by atoms with van der Waals surface area (Å²) in [5.41, 5.74) is 0.284. The van der Waals surface area contributed by atoms with Crippen molar-refractivity contribution >= 4 is 28.1 Å². The number of carbonyl (C=O) groups excluding carboxylic acids is 1. The van der Waals surface area contributed by atoms with Gasteiger partial charge in [-0.2, -0.15) is 4.31 Å². The molecule has 0 radical (unpaired) electrons. The molecule has 0 N–H and O–H groups in total. The zero-order valence-corrected chi connectivity index (χ0v) is 19.3. The maximum Gasteiger partial charge on any atom is 0.248 e. The van der Waals surface area contributed by atoms with Crippen molar-refractivity contribution in [3.63, 3.8) is 0 Å². The van der Waals surface area contributed by atoms with E-state index in [1.165, 1.54) is 29.4 Å². The van der Waals surface area contributed by atoms with Crippen LogP contribution in [0.4, 0.5) is 8.78 Å². The molecule has 7 nitrogen and oxygen atoms in total. The lowest BCUT2D eigenvalue weighted by molar-refractivity contribution is -0.137. The Hall–Kier alpha value is -2.59. The van der Waals surface area contributed by atoms with Gasteiger partial charge < -0.3 is 9.42 Å². The van der Waals surface area contributed by atoms with E-state index < -0.39 is 21.7 Å². The van der Waals surface area contributed by atoms with E-state index in [1.54, 1.807) is 0 Å². The molecule has 178 valence electrons. The first-order valence-electron chi connectivity index (χ1n) is 11.2. The molecule has 33 heavy (non-hydrogen) atoms. The van der Waals surface area contributed by atoms with E-state index in [4.69, 9.17) is 4.52 Å². The van der Waals surface area contributed by atoms with Crippen molar-refractivity contribution in [2.45, 2.75) is 43.9 Å². The summed E-state index contributed by atoms with van der Waals surface area (Å²) in [4.78, 5) is 14.6. The van der Waals surface area contributed by atoms with Crippen LogP contribution in [0.1, 0.15) is 49.1 Å². The highest BCUT2D eigenvalue weighted by atomic mass is 32.2. The normalized spacial score (nSPS) is 18.8. The number of aryl methyl sites for hydroxylation is 1. The standard InChI is InChI=1S/C23H27F2N3O4S/c1-16-22(21(32-26-16)8-6-17-5-7-19(24)15-20(17)25)33(30,31)28-13-9-18(10-14-28)23(29)27-11-3-2-4-12-27/h5-8,15,18H,2-4,9-14H2,1H3/b8-6+. The molecule has 2 aliphatic rings. The van der Waals surface area contributed by atoms with Crippen molar-refractivity contribution in [1.82, 2.24) is 14.4 Å². The summed E-state index contributed by atoms with van der Waals surface area (Å²) in [7, 11) is -3.93. The minimum Gasteiger partial charge on any atom is -0.355 e. The number of nitrogens with zero attached hydrogens (tertiary/aromatic N) is 3. The number of piperidine rings is 2. The molecule has 0 bridgehead atoms. The number of aromatic nitrogens is 1. The average molecular weight is 480 g/mol. The Morgan fingerprint density at radius 3 is 2.45 bits per heavy atom. The summed E-state index contributed by atoms with van der Waals surface area (Å²) in [5, 5.41) is 3.78. The van der Waals surface area contributed by atoms with Crippen LogP contribution in [0.2, 0.25) is 0 Å². The summed E-state index contributed by atoms with van der Waals surface area (Å²) in [6.45, 7) is 3.54. The monoisotopic (exact) mass is 479 g/mol. The van der Waals surface area contributed by atoms with Gasteiger partial charge in [0.05, 0.1) is 0 Å². The fourth-order valence-electron chi connectivity index (χ4n) is 4.45. The molecule has 0 atom stereocenters. The highest BCUT2D eigenvalue weighted by molar-refractivity contribution is 7.89. The molecule has 1 aromatic heterocycles. The Labute approximate surface area is 192 Å². The molecule has 1 aromatic carbocycles. The van der Waals surface area contributed by atoms with Gasteiger partial charge in [-0.1, -0.05) is 5.16 Å². The number of hydrogen-bond donors (Lipinski definition) is 0. The molecule has 10 heteroatoms. The van der Waals surface area contributed by atoms with Gasteiger partial charge in [-0.05, 0) is 63.3 Å². The number of rotatable bonds is 5. The largest absolute Gasteiger partial charge is 0.355 e. The summed E-state index contributed by atoms with van der Waals surface area (Å²) < 4.78 is 60.3. The molecular formula is C23H27F2N3O4S. The highest BCUT2D eigenvalue weighted by Gasteiger charge is 2.37. The predicted octanol–water partition coefficient (Wildman–Crippen LogP) is 3.84. The zero-order chi connectivity index (χ0) is 23.6. The summed E-state index contributed by atoms with van der Waals surface area (Å²) in [6, 6.07) is 3.11. The van der Waals surface area contributed by atoms with E-state index in [1.807, 2.05) is 4.90 Å². The molecule has 2 aromatic rings. The second-order valence-corrected chi connectivity index (χ2v) is 10.4. The van der Waals surface area contributed by atoms with E-state index in [-0.39, 0.29) is 46.8 Å². The lowest BCUT2D eigenvalue weighted by atomic mass is 9.95. The van der Waals surface area contributed by atoms with Gasteiger partial charge in [0.1, 0.15) is 17.3 Å². The quantitative estimate of drug-likeness (QED) is 0.651. The topological polar surface area (TPSA) is 83.7 Å². The molecule has 3 heterocycles. The second kappa shape index (κ2) is 9.72. The van der Waals surface area contributed by atoms with Crippen molar-refractivity contribution in [3.05, 3.63) is 46.9 Å². The van der Waals surface area contributed by atoms with Crippen molar-refractivity contribution in [2.75, 3.05) is 26.2 Å². The zero-order valence-electron chi connectivity index (χ0n) is 18.5. The first kappa shape index (κ1) is 23.6. The van der Waals surface area contributed by atoms with Gasteiger partial charge in [-0.25, -0.2) is 17.2 Å². The van der Waals surface area contributed by atoms with E-state index >= 15 is 0 Å². The fraction of sp³-hybridized carbons (Fsp3) is 0.478. The highest BCUT2D eigenvalue weighted by Crippen LogP contribution is 2.30. The third-order valence-corrected chi connectivity index (χ3v) is 8.34. The number of sulfonamides is 1. The van der Waals surface area contributed by atoms with Crippen LogP contribution in [0.5, 0.6) is 0 Å². The van der Waals surface area contributed by atoms with Crippen molar-refractivity contribution in [2.24, 2.45) is 5.92 Å².